The molecule has 0 aliphatic heterocycles. The molecule has 0 radical (unpaired) electrons. The van der Waals surface area contributed by atoms with Crippen LogP contribution < -0.4 is 18.9 Å². The van der Waals surface area contributed by atoms with Gasteiger partial charge in [0.05, 0.1) is 34.4 Å². The molecule has 0 aliphatic rings. The molecule has 0 bridgehead atoms. The van der Waals surface area contributed by atoms with Gasteiger partial charge in [-0.1, -0.05) is 0 Å². The largest absolute Gasteiger partial charge is 0.497 e. The minimum atomic E-state index is -0.962. The zero-order valence-corrected chi connectivity index (χ0v) is 14.7. The molecule has 2 rings (SSSR count). The standard InChI is InChI=1S/C19H22O6/c1-22-13-5-7-17(24-3)12(9-13)10-16(19(20)21)15-11-14(23-2)6-8-18(15)25-4/h5-9,11,16H,10H2,1-4H3,(H,20,21). The first-order valence-electron chi connectivity index (χ1n) is 7.69. The van der Waals surface area contributed by atoms with Gasteiger partial charge in [0, 0.05) is 5.56 Å². The maximum Gasteiger partial charge on any atom is 0.311 e. The van der Waals surface area contributed by atoms with Crippen LogP contribution >= 0.6 is 0 Å². The fourth-order valence-electron chi connectivity index (χ4n) is 2.70. The highest BCUT2D eigenvalue weighted by molar-refractivity contribution is 5.78. The molecule has 0 heterocycles. The van der Waals surface area contributed by atoms with Crippen LogP contribution in [0.25, 0.3) is 0 Å². The van der Waals surface area contributed by atoms with Gasteiger partial charge in [-0.15, -0.1) is 0 Å². The van der Waals surface area contributed by atoms with Crippen molar-refractivity contribution in [2.24, 2.45) is 0 Å². The SMILES string of the molecule is COc1ccc(OC)c(CC(C(=O)O)c2cc(OC)ccc2OC)c1. The lowest BCUT2D eigenvalue weighted by Gasteiger charge is -2.19. The molecule has 1 unspecified atom stereocenters. The van der Waals surface area contributed by atoms with Gasteiger partial charge in [0.1, 0.15) is 23.0 Å². The van der Waals surface area contributed by atoms with Crippen LogP contribution in [-0.4, -0.2) is 39.5 Å². The van der Waals surface area contributed by atoms with Gasteiger partial charge in [-0.05, 0) is 48.4 Å². The van der Waals surface area contributed by atoms with Crippen molar-refractivity contribution >= 4 is 5.97 Å². The number of aliphatic carboxylic acids is 1. The van der Waals surface area contributed by atoms with Gasteiger partial charge in [-0.3, -0.25) is 4.79 Å². The van der Waals surface area contributed by atoms with Crippen molar-refractivity contribution in [1.29, 1.82) is 0 Å². The molecule has 0 saturated heterocycles. The first-order chi connectivity index (χ1) is 12.0. The second-order valence-corrected chi connectivity index (χ2v) is 5.38. The van der Waals surface area contributed by atoms with Gasteiger partial charge >= 0.3 is 5.97 Å². The summed E-state index contributed by atoms with van der Waals surface area (Å²) < 4.78 is 21.2. The Morgan fingerprint density at radius 3 is 1.96 bits per heavy atom. The Morgan fingerprint density at radius 2 is 1.44 bits per heavy atom. The molecule has 2 aromatic carbocycles. The zero-order valence-electron chi connectivity index (χ0n) is 14.7. The Kier molecular flexibility index (Phi) is 6.11. The minimum absolute atomic E-state index is 0.221. The monoisotopic (exact) mass is 346 g/mol. The van der Waals surface area contributed by atoms with E-state index in [1.807, 2.05) is 0 Å². The molecular weight excluding hydrogens is 324 g/mol. The summed E-state index contributed by atoms with van der Waals surface area (Å²) in [6.45, 7) is 0. The van der Waals surface area contributed by atoms with Crippen molar-refractivity contribution in [3.63, 3.8) is 0 Å². The van der Waals surface area contributed by atoms with Gasteiger partial charge in [0.2, 0.25) is 0 Å². The number of hydrogen-bond donors (Lipinski definition) is 1. The van der Waals surface area contributed by atoms with E-state index in [-0.39, 0.29) is 6.42 Å². The summed E-state index contributed by atoms with van der Waals surface area (Å²) in [6, 6.07) is 10.4. The Balaban J connectivity index is 2.48. The smallest absolute Gasteiger partial charge is 0.311 e. The number of rotatable bonds is 8. The number of carboxylic acid groups (broad SMARTS) is 1. The normalized spacial score (nSPS) is 11.5. The molecule has 6 heteroatoms. The molecule has 1 atom stereocenters. The molecule has 0 amide bonds. The first kappa shape index (κ1) is 18.4. The Labute approximate surface area is 146 Å². The average molecular weight is 346 g/mol. The quantitative estimate of drug-likeness (QED) is 0.791. The third-order valence-electron chi connectivity index (χ3n) is 4.02. The molecule has 1 N–H and O–H groups in total. The van der Waals surface area contributed by atoms with Crippen molar-refractivity contribution in [2.45, 2.75) is 12.3 Å². The fourth-order valence-corrected chi connectivity index (χ4v) is 2.70. The number of carboxylic acids is 1. The van der Waals surface area contributed by atoms with E-state index in [1.165, 1.54) is 14.2 Å². The van der Waals surface area contributed by atoms with Crippen LogP contribution in [0, 0.1) is 0 Å². The lowest BCUT2D eigenvalue weighted by Crippen LogP contribution is -2.16. The van der Waals surface area contributed by atoms with E-state index in [0.29, 0.717) is 28.6 Å². The number of carbonyl (C=O) groups is 1. The molecule has 0 fully saturated rings. The lowest BCUT2D eigenvalue weighted by molar-refractivity contribution is -0.138. The van der Waals surface area contributed by atoms with E-state index in [2.05, 4.69) is 0 Å². The van der Waals surface area contributed by atoms with E-state index < -0.39 is 11.9 Å². The van der Waals surface area contributed by atoms with Crippen LogP contribution in [-0.2, 0) is 11.2 Å². The summed E-state index contributed by atoms with van der Waals surface area (Å²) in [7, 11) is 6.15. The van der Waals surface area contributed by atoms with Crippen LogP contribution in [0.2, 0.25) is 0 Å². The number of ether oxygens (including phenoxy) is 4. The number of benzene rings is 2. The molecule has 0 aliphatic carbocycles. The van der Waals surface area contributed by atoms with E-state index in [9.17, 15) is 9.90 Å². The third kappa shape index (κ3) is 4.15. The van der Waals surface area contributed by atoms with Gasteiger partial charge in [-0.2, -0.15) is 0 Å². The first-order valence-corrected chi connectivity index (χ1v) is 7.69. The second-order valence-electron chi connectivity index (χ2n) is 5.38. The third-order valence-corrected chi connectivity index (χ3v) is 4.02. The highest BCUT2D eigenvalue weighted by Crippen LogP contribution is 2.35. The second kappa shape index (κ2) is 8.28. The summed E-state index contributed by atoms with van der Waals surface area (Å²) in [5, 5.41) is 9.79. The average Bonchev–Trinajstić information content (AvgIpc) is 2.64. The molecule has 6 nitrogen and oxygen atoms in total. The highest BCUT2D eigenvalue weighted by Gasteiger charge is 2.26. The van der Waals surface area contributed by atoms with Gasteiger partial charge in [0.25, 0.3) is 0 Å². The van der Waals surface area contributed by atoms with Crippen molar-refractivity contribution in [2.75, 3.05) is 28.4 Å². The van der Waals surface area contributed by atoms with Crippen molar-refractivity contribution < 1.29 is 28.8 Å². The van der Waals surface area contributed by atoms with Crippen LogP contribution in [0.15, 0.2) is 36.4 Å². The van der Waals surface area contributed by atoms with Crippen molar-refractivity contribution in [3.8, 4) is 23.0 Å². The molecular formula is C19H22O6. The van der Waals surface area contributed by atoms with Crippen LogP contribution in [0.4, 0.5) is 0 Å². The van der Waals surface area contributed by atoms with E-state index in [4.69, 9.17) is 18.9 Å². The molecule has 134 valence electrons. The Bertz CT molecular complexity index is 741. The molecule has 0 saturated carbocycles. The summed E-state index contributed by atoms with van der Waals surface area (Å²) in [4.78, 5) is 12.0. The summed E-state index contributed by atoms with van der Waals surface area (Å²) in [5.41, 5.74) is 1.28. The van der Waals surface area contributed by atoms with Crippen molar-refractivity contribution in [1.82, 2.24) is 0 Å². The topological polar surface area (TPSA) is 74.2 Å². The maximum absolute atomic E-state index is 12.0. The van der Waals surface area contributed by atoms with Crippen LogP contribution in [0.5, 0.6) is 23.0 Å². The predicted octanol–water partition coefficient (Wildman–Crippen LogP) is 3.13. The Hall–Kier alpha value is -2.89. The van der Waals surface area contributed by atoms with Gasteiger partial charge in [-0.25, -0.2) is 0 Å². The molecule has 2 aromatic rings. The van der Waals surface area contributed by atoms with E-state index in [0.717, 1.165) is 5.56 Å². The lowest BCUT2D eigenvalue weighted by atomic mass is 9.90. The maximum atomic E-state index is 12.0. The van der Waals surface area contributed by atoms with Gasteiger partial charge < -0.3 is 24.1 Å². The van der Waals surface area contributed by atoms with Crippen LogP contribution in [0.1, 0.15) is 17.0 Å². The molecule has 25 heavy (non-hydrogen) atoms. The molecule has 0 spiro atoms. The van der Waals surface area contributed by atoms with E-state index in [1.54, 1.807) is 50.6 Å². The predicted molar refractivity (Wildman–Crippen MR) is 93.2 cm³/mol. The zero-order chi connectivity index (χ0) is 18.4. The van der Waals surface area contributed by atoms with Gasteiger partial charge in [0.15, 0.2) is 0 Å². The Morgan fingerprint density at radius 1 is 0.880 bits per heavy atom. The summed E-state index contributed by atoms with van der Waals surface area (Å²) in [6.07, 6.45) is 0.221. The fraction of sp³-hybridized carbons (Fsp3) is 0.316. The highest BCUT2D eigenvalue weighted by atomic mass is 16.5. The molecule has 0 aromatic heterocycles. The number of methoxy groups -OCH3 is 4. The summed E-state index contributed by atoms with van der Waals surface area (Å²) in [5.74, 6) is 0.517. The number of hydrogen-bond acceptors (Lipinski definition) is 5. The van der Waals surface area contributed by atoms with E-state index >= 15 is 0 Å². The van der Waals surface area contributed by atoms with Crippen molar-refractivity contribution in [3.05, 3.63) is 47.5 Å². The summed E-state index contributed by atoms with van der Waals surface area (Å²) >= 11 is 0. The minimum Gasteiger partial charge on any atom is -0.497 e. The van der Waals surface area contributed by atoms with Crippen LogP contribution in [0.3, 0.4) is 0 Å².